The molecule has 1 atom stereocenters. The molecule has 6 heteroatoms. The van der Waals surface area contributed by atoms with Gasteiger partial charge in [0.05, 0.1) is 23.8 Å². The molecule has 1 aromatic heterocycles. The van der Waals surface area contributed by atoms with Crippen LogP contribution in [0.25, 0.3) is 0 Å². The van der Waals surface area contributed by atoms with Crippen molar-refractivity contribution in [3.8, 4) is 0 Å². The molecule has 5 nitrogen and oxygen atoms in total. The lowest BCUT2D eigenvalue weighted by Gasteiger charge is -2.13. The van der Waals surface area contributed by atoms with Crippen molar-refractivity contribution in [3.05, 3.63) is 65.7 Å². The van der Waals surface area contributed by atoms with Gasteiger partial charge in [-0.1, -0.05) is 18.2 Å². The van der Waals surface area contributed by atoms with Gasteiger partial charge in [0, 0.05) is 6.20 Å². The van der Waals surface area contributed by atoms with Gasteiger partial charge in [0.15, 0.2) is 0 Å². The number of halogens is 1. The molecule has 0 radical (unpaired) electrons. The molecule has 0 saturated heterocycles. The molecule has 22 heavy (non-hydrogen) atoms. The Balaban J connectivity index is 1.85. The predicted octanol–water partition coefficient (Wildman–Crippen LogP) is 1.83. The van der Waals surface area contributed by atoms with Gasteiger partial charge in [-0.05, 0) is 31.2 Å². The molecule has 0 aliphatic heterocycles. The molecule has 0 bridgehead atoms. The second-order valence-electron chi connectivity index (χ2n) is 4.71. The standard InChI is InChI=1S/C16H16FN3O2/c1-11(14-8-4-5-9-18-14)20-15(21)10-19-16(22)12-6-2-3-7-13(12)17/h2-9,11H,10H2,1H3,(H,19,22)(H,20,21). The first-order valence-corrected chi connectivity index (χ1v) is 6.81. The van der Waals surface area contributed by atoms with Crippen molar-refractivity contribution in [2.45, 2.75) is 13.0 Å². The van der Waals surface area contributed by atoms with Gasteiger partial charge < -0.3 is 10.6 Å². The Morgan fingerprint density at radius 2 is 1.91 bits per heavy atom. The minimum absolute atomic E-state index is 0.0897. The van der Waals surface area contributed by atoms with Gasteiger partial charge in [0.2, 0.25) is 5.91 Å². The molecule has 1 aromatic carbocycles. The van der Waals surface area contributed by atoms with Crippen molar-refractivity contribution < 1.29 is 14.0 Å². The SMILES string of the molecule is CC(NC(=O)CNC(=O)c1ccccc1F)c1ccccn1. The van der Waals surface area contributed by atoms with E-state index >= 15 is 0 Å². The fraction of sp³-hybridized carbons (Fsp3) is 0.188. The van der Waals surface area contributed by atoms with Crippen LogP contribution in [0, 0.1) is 5.82 Å². The van der Waals surface area contributed by atoms with E-state index < -0.39 is 11.7 Å². The Labute approximate surface area is 127 Å². The van der Waals surface area contributed by atoms with E-state index in [1.165, 1.54) is 18.2 Å². The highest BCUT2D eigenvalue weighted by molar-refractivity contribution is 5.96. The quantitative estimate of drug-likeness (QED) is 0.885. The van der Waals surface area contributed by atoms with Gasteiger partial charge in [-0.25, -0.2) is 4.39 Å². The fourth-order valence-corrected chi connectivity index (χ4v) is 1.90. The maximum absolute atomic E-state index is 13.4. The molecule has 0 aliphatic rings. The van der Waals surface area contributed by atoms with Crippen LogP contribution in [0.3, 0.4) is 0 Å². The third-order valence-electron chi connectivity index (χ3n) is 3.04. The number of carbonyl (C=O) groups excluding carboxylic acids is 2. The zero-order chi connectivity index (χ0) is 15.9. The topological polar surface area (TPSA) is 71.1 Å². The monoisotopic (exact) mass is 301 g/mol. The summed E-state index contributed by atoms with van der Waals surface area (Å²) in [7, 11) is 0. The van der Waals surface area contributed by atoms with Crippen LogP contribution in [-0.2, 0) is 4.79 Å². The Morgan fingerprint density at radius 1 is 1.18 bits per heavy atom. The fourth-order valence-electron chi connectivity index (χ4n) is 1.90. The molecule has 1 unspecified atom stereocenters. The third-order valence-corrected chi connectivity index (χ3v) is 3.04. The maximum atomic E-state index is 13.4. The Morgan fingerprint density at radius 3 is 2.59 bits per heavy atom. The second-order valence-corrected chi connectivity index (χ2v) is 4.71. The van der Waals surface area contributed by atoms with E-state index in [-0.39, 0.29) is 24.1 Å². The van der Waals surface area contributed by atoms with E-state index in [9.17, 15) is 14.0 Å². The van der Waals surface area contributed by atoms with Gasteiger partial charge in [0.25, 0.3) is 5.91 Å². The molecule has 1 heterocycles. The number of nitrogens with one attached hydrogen (secondary N) is 2. The van der Waals surface area contributed by atoms with Crippen LogP contribution in [0.5, 0.6) is 0 Å². The van der Waals surface area contributed by atoms with E-state index in [1.54, 1.807) is 31.3 Å². The van der Waals surface area contributed by atoms with E-state index in [4.69, 9.17) is 0 Å². The molecule has 0 fully saturated rings. The second kappa shape index (κ2) is 7.31. The van der Waals surface area contributed by atoms with E-state index in [1.807, 2.05) is 6.07 Å². The summed E-state index contributed by atoms with van der Waals surface area (Å²) >= 11 is 0. The highest BCUT2D eigenvalue weighted by atomic mass is 19.1. The predicted molar refractivity (Wildman–Crippen MR) is 79.5 cm³/mol. The van der Waals surface area contributed by atoms with Crippen LogP contribution >= 0.6 is 0 Å². The number of carbonyl (C=O) groups is 2. The molecule has 0 saturated carbocycles. The minimum atomic E-state index is -0.626. The smallest absolute Gasteiger partial charge is 0.254 e. The van der Waals surface area contributed by atoms with E-state index in [2.05, 4.69) is 15.6 Å². The molecule has 0 spiro atoms. The van der Waals surface area contributed by atoms with Crippen LogP contribution < -0.4 is 10.6 Å². The summed E-state index contributed by atoms with van der Waals surface area (Å²) in [6, 6.07) is 10.7. The highest BCUT2D eigenvalue weighted by Crippen LogP contribution is 2.07. The average Bonchev–Trinajstić information content (AvgIpc) is 2.54. The summed E-state index contributed by atoms with van der Waals surface area (Å²) in [5.74, 6) is -1.62. The van der Waals surface area contributed by atoms with Crippen molar-refractivity contribution in [2.75, 3.05) is 6.54 Å². The minimum Gasteiger partial charge on any atom is -0.346 e. The van der Waals surface area contributed by atoms with E-state index in [0.29, 0.717) is 0 Å². The summed E-state index contributed by atoms with van der Waals surface area (Å²) in [6.07, 6.45) is 1.64. The summed E-state index contributed by atoms with van der Waals surface area (Å²) < 4.78 is 13.4. The largest absolute Gasteiger partial charge is 0.346 e. The molecule has 2 amide bonds. The molecule has 0 aliphatic carbocycles. The highest BCUT2D eigenvalue weighted by Gasteiger charge is 2.14. The average molecular weight is 301 g/mol. The van der Waals surface area contributed by atoms with Crippen molar-refractivity contribution >= 4 is 11.8 Å². The molecular formula is C16H16FN3O2. The lowest BCUT2D eigenvalue weighted by molar-refractivity contribution is -0.120. The molecule has 2 N–H and O–H groups in total. The van der Waals surface area contributed by atoms with Gasteiger partial charge in [0.1, 0.15) is 5.82 Å². The van der Waals surface area contributed by atoms with Crippen LogP contribution in [0.2, 0.25) is 0 Å². The number of pyridine rings is 1. The van der Waals surface area contributed by atoms with Gasteiger partial charge in [-0.2, -0.15) is 0 Å². The Kier molecular flexibility index (Phi) is 5.19. The molecule has 114 valence electrons. The number of hydrogen-bond acceptors (Lipinski definition) is 3. The first kappa shape index (κ1) is 15.6. The van der Waals surface area contributed by atoms with Gasteiger partial charge in [-0.3, -0.25) is 14.6 Å². The summed E-state index contributed by atoms with van der Waals surface area (Å²) in [5.41, 5.74) is 0.629. The lowest BCUT2D eigenvalue weighted by Crippen LogP contribution is -2.38. The Hall–Kier alpha value is -2.76. The lowest BCUT2D eigenvalue weighted by atomic mass is 10.2. The first-order valence-electron chi connectivity index (χ1n) is 6.81. The number of hydrogen-bond donors (Lipinski definition) is 2. The van der Waals surface area contributed by atoms with Crippen molar-refractivity contribution in [2.24, 2.45) is 0 Å². The van der Waals surface area contributed by atoms with Crippen molar-refractivity contribution in [1.29, 1.82) is 0 Å². The molecule has 2 rings (SSSR count). The number of benzene rings is 1. The first-order chi connectivity index (χ1) is 10.6. The number of nitrogens with zero attached hydrogens (tertiary/aromatic N) is 1. The molecule has 2 aromatic rings. The summed E-state index contributed by atoms with van der Waals surface area (Å²) in [5, 5.41) is 5.09. The van der Waals surface area contributed by atoms with Crippen LogP contribution in [0.4, 0.5) is 4.39 Å². The number of rotatable bonds is 5. The van der Waals surface area contributed by atoms with Crippen molar-refractivity contribution in [3.63, 3.8) is 0 Å². The summed E-state index contributed by atoms with van der Waals surface area (Å²) in [4.78, 5) is 27.7. The van der Waals surface area contributed by atoms with E-state index in [0.717, 1.165) is 5.69 Å². The van der Waals surface area contributed by atoms with Crippen molar-refractivity contribution in [1.82, 2.24) is 15.6 Å². The van der Waals surface area contributed by atoms with Crippen LogP contribution in [-0.4, -0.2) is 23.3 Å². The van der Waals surface area contributed by atoms with Gasteiger partial charge >= 0.3 is 0 Å². The van der Waals surface area contributed by atoms with Gasteiger partial charge in [-0.15, -0.1) is 0 Å². The van der Waals surface area contributed by atoms with Crippen LogP contribution in [0.1, 0.15) is 29.0 Å². The third kappa shape index (κ3) is 4.12. The normalized spacial score (nSPS) is 11.5. The molecular weight excluding hydrogens is 285 g/mol. The number of aromatic nitrogens is 1. The Bertz CT molecular complexity index is 661. The summed E-state index contributed by atoms with van der Waals surface area (Å²) in [6.45, 7) is 1.56. The number of amides is 2. The maximum Gasteiger partial charge on any atom is 0.254 e. The zero-order valence-corrected chi connectivity index (χ0v) is 12.0. The van der Waals surface area contributed by atoms with Crippen LogP contribution in [0.15, 0.2) is 48.7 Å². The zero-order valence-electron chi connectivity index (χ0n) is 12.0.